The summed E-state index contributed by atoms with van der Waals surface area (Å²) in [7, 11) is 0. The van der Waals surface area contributed by atoms with Gasteiger partial charge in [0.1, 0.15) is 0 Å². The number of halogens is 1. The van der Waals surface area contributed by atoms with Gasteiger partial charge in [0.25, 0.3) is 0 Å². The van der Waals surface area contributed by atoms with E-state index in [2.05, 4.69) is 22.6 Å². The first-order valence-corrected chi connectivity index (χ1v) is 14.1. The van der Waals surface area contributed by atoms with Crippen molar-refractivity contribution in [3.05, 3.63) is 0 Å². The van der Waals surface area contributed by atoms with Crippen LogP contribution in [0.15, 0.2) is 0 Å². The maximum atomic E-state index is 8.74. The number of rotatable bonds is 24. The predicted octanol–water partition coefficient (Wildman–Crippen LogP) is 9.39. The van der Waals surface area contributed by atoms with Crippen molar-refractivity contribution in [2.45, 2.75) is 148 Å². The molecule has 0 aliphatic rings. The van der Waals surface area contributed by atoms with Crippen LogP contribution in [0.3, 0.4) is 0 Å². The van der Waals surface area contributed by atoms with Crippen molar-refractivity contribution in [1.29, 1.82) is 0 Å². The molecular formula is C25H51IO. The number of hydrogen-bond acceptors (Lipinski definition) is 1. The van der Waals surface area contributed by atoms with Gasteiger partial charge in [-0.1, -0.05) is 157 Å². The first-order valence-electron chi connectivity index (χ1n) is 12.6. The molecule has 0 aromatic rings. The lowest BCUT2D eigenvalue weighted by molar-refractivity contribution is 0.282. The summed E-state index contributed by atoms with van der Waals surface area (Å²) in [5.74, 6) is 0. The number of aliphatic hydroxyl groups is 1. The predicted molar refractivity (Wildman–Crippen MR) is 132 cm³/mol. The highest BCUT2D eigenvalue weighted by Crippen LogP contribution is 2.15. The molecule has 27 heavy (non-hydrogen) atoms. The number of unbranched alkanes of at least 4 members (excludes halogenated alkanes) is 22. The topological polar surface area (TPSA) is 20.2 Å². The fraction of sp³-hybridized carbons (Fsp3) is 1.00. The van der Waals surface area contributed by atoms with E-state index in [1.807, 2.05) is 0 Å². The Morgan fingerprint density at radius 3 is 0.667 bits per heavy atom. The monoisotopic (exact) mass is 494 g/mol. The van der Waals surface area contributed by atoms with Gasteiger partial charge in [-0.15, -0.1) is 0 Å². The SMILES string of the molecule is OCCCCCCCCCCCCCCCCCCCCCCCCCI. The van der Waals surface area contributed by atoms with Crippen LogP contribution in [-0.4, -0.2) is 16.1 Å². The third-order valence-corrected chi connectivity index (χ3v) is 6.55. The number of aliphatic hydroxyl groups excluding tert-OH is 1. The average molecular weight is 495 g/mol. The van der Waals surface area contributed by atoms with Gasteiger partial charge >= 0.3 is 0 Å². The molecule has 1 nitrogen and oxygen atoms in total. The van der Waals surface area contributed by atoms with Gasteiger partial charge in [-0.05, 0) is 17.3 Å². The van der Waals surface area contributed by atoms with Gasteiger partial charge in [0.05, 0.1) is 0 Å². The average Bonchev–Trinajstić information content (AvgIpc) is 2.68. The highest BCUT2D eigenvalue weighted by atomic mass is 127. The summed E-state index contributed by atoms with van der Waals surface area (Å²) in [6.07, 6.45) is 32.7. The van der Waals surface area contributed by atoms with Crippen LogP contribution < -0.4 is 0 Å². The number of hydrogen-bond donors (Lipinski definition) is 1. The highest BCUT2D eigenvalue weighted by Gasteiger charge is 1.96. The molecule has 0 unspecified atom stereocenters. The van der Waals surface area contributed by atoms with Crippen LogP contribution in [0.25, 0.3) is 0 Å². The zero-order valence-corrected chi connectivity index (χ0v) is 20.7. The maximum Gasteiger partial charge on any atom is 0.0431 e. The fourth-order valence-electron chi connectivity index (χ4n) is 3.92. The first-order chi connectivity index (χ1) is 13.4. The van der Waals surface area contributed by atoms with Crippen molar-refractivity contribution in [3.8, 4) is 0 Å². The Morgan fingerprint density at radius 2 is 0.481 bits per heavy atom. The van der Waals surface area contributed by atoms with Crippen LogP contribution in [0.2, 0.25) is 0 Å². The van der Waals surface area contributed by atoms with Crippen LogP contribution in [0.5, 0.6) is 0 Å². The second-order valence-corrected chi connectivity index (χ2v) is 9.62. The zero-order chi connectivity index (χ0) is 19.7. The van der Waals surface area contributed by atoms with E-state index in [-0.39, 0.29) is 0 Å². The minimum Gasteiger partial charge on any atom is -0.396 e. The van der Waals surface area contributed by atoms with Crippen molar-refractivity contribution in [2.75, 3.05) is 11.0 Å². The Hall–Kier alpha value is 0.690. The summed E-state index contributed by atoms with van der Waals surface area (Å²) in [6, 6.07) is 0. The summed E-state index contributed by atoms with van der Waals surface area (Å²) < 4.78 is 1.34. The largest absolute Gasteiger partial charge is 0.396 e. The lowest BCUT2D eigenvalue weighted by Gasteiger charge is -2.04. The van der Waals surface area contributed by atoms with E-state index < -0.39 is 0 Å². The molecule has 0 bridgehead atoms. The summed E-state index contributed by atoms with van der Waals surface area (Å²) in [5.41, 5.74) is 0. The molecule has 0 spiro atoms. The van der Waals surface area contributed by atoms with Crippen molar-refractivity contribution in [1.82, 2.24) is 0 Å². The third-order valence-electron chi connectivity index (χ3n) is 5.79. The molecule has 0 rings (SSSR count). The molecule has 0 heterocycles. The van der Waals surface area contributed by atoms with Gasteiger partial charge in [-0.3, -0.25) is 0 Å². The standard InChI is InChI=1S/C25H51IO/c26-24-22-20-18-16-14-12-10-8-6-4-2-1-3-5-7-9-11-13-15-17-19-21-23-25-27/h27H,1-25H2. The van der Waals surface area contributed by atoms with E-state index >= 15 is 0 Å². The van der Waals surface area contributed by atoms with Crippen LogP contribution in [-0.2, 0) is 0 Å². The van der Waals surface area contributed by atoms with Crippen LogP contribution >= 0.6 is 22.6 Å². The quantitative estimate of drug-likeness (QED) is 0.0805. The molecule has 0 saturated carbocycles. The highest BCUT2D eigenvalue weighted by molar-refractivity contribution is 14.1. The zero-order valence-electron chi connectivity index (χ0n) is 18.5. The molecule has 0 aromatic heterocycles. The van der Waals surface area contributed by atoms with Gasteiger partial charge < -0.3 is 5.11 Å². The maximum absolute atomic E-state index is 8.74. The Kier molecular flexibility index (Phi) is 27.4. The third kappa shape index (κ3) is 26.7. The molecular weight excluding hydrogens is 443 g/mol. The lowest BCUT2D eigenvalue weighted by atomic mass is 10.0. The molecule has 1 N–H and O–H groups in total. The van der Waals surface area contributed by atoms with E-state index in [9.17, 15) is 0 Å². The van der Waals surface area contributed by atoms with E-state index in [1.54, 1.807) is 0 Å². The van der Waals surface area contributed by atoms with Gasteiger partial charge in [0.15, 0.2) is 0 Å². The van der Waals surface area contributed by atoms with Crippen molar-refractivity contribution in [2.24, 2.45) is 0 Å². The molecule has 0 fully saturated rings. The Bertz CT molecular complexity index is 220. The normalized spacial score (nSPS) is 11.3. The molecule has 0 aliphatic heterocycles. The van der Waals surface area contributed by atoms with Crippen molar-refractivity contribution < 1.29 is 5.11 Å². The van der Waals surface area contributed by atoms with Gasteiger partial charge in [-0.25, -0.2) is 0 Å². The molecule has 0 aliphatic carbocycles. The Balaban J connectivity index is 2.95. The van der Waals surface area contributed by atoms with Gasteiger partial charge in [0, 0.05) is 6.61 Å². The summed E-state index contributed by atoms with van der Waals surface area (Å²) in [4.78, 5) is 0. The second kappa shape index (κ2) is 26.7. The Labute approximate surface area is 186 Å². The smallest absolute Gasteiger partial charge is 0.0431 e. The molecule has 0 saturated heterocycles. The van der Waals surface area contributed by atoms with E-state index in [4.69, 9.17) is 5.11 Å². The molecule has 164 valence electrons. The second-order valence-electron chi connectivity index (χ2n) is 8.54. The van der Waals surface area contributed by atoms with Crippen LogP contribution in [0, 0.1) is 0 Å². The molecule has 0 atom stereocenters. The lowest BCUT2D eigenvalue weighted by Crippen LogP contribution is -1.85. The first kappa shape index (κ1) is 27.7. The fourth-order valence-corrected chi connectivity index (χ4v) is 4.46. The molecule has 0 radical (unpaired) electrons. The minimum atomic E-state index is 0.374. The van der Waals surface area contributed by atoms with Gasteiger partial charge in [0.2, 0.25) is 0 Å². The summed E-state index contributed by atoms with van der Waals surface area (Å²) in [5, 5.41) is 8.74. The summed E-state index contributed by atoms with van der Waals surface area (Å²) in [6.45, 7) is 0.374. The molecule has 2 heteroatoms. The molecule has 0 amide bonds. The minimum absolute atomic E-state index is 0.374. The van der Waals surface area contributed by atoms with E-state index in [1.165, 1.54) is 146 Å². The van der Waals surface area contributed by atoms with Crippen molar-refractivity contribution >= 4 is 22.6 Å². The van der Waals surface area contributed by atoms with Crippen molar-refractivity contribution in [3.63, 3.8) is 0 Å². The summed E-state index contributed by atoms with van der Waals surface area (Å²) >= 11 is 2.49. The number of alkyl halides is 1. The Morgan fingerprint density at radius 1 is 0.296 bits per heavy atom. The van der Waals surface area contributed by atoms with Crippen LogP contribution in [0.1, 0.15) is 148 Å². The van der Waals surface area contributed by atoms with Gasteiger partial charge in [-0.2, -0.15) is 0 Å². The van der Waals surface area contributed by atoms with E-state index in [0.717, 1.165) is 6.42 Å². The molecule has 0 aromatic carbocycles. The van der Waals surface area contributed by atoms with E-state index in [0.29, 0.717) is 6.61 Å². The van der Waals surface area contributed by atoms with Crippen LogP contribution in [0.4, 0.5) is 0 Å².